The van der Waals surface area contributed by atoms with Crippen molar-refractivity contribution in [1.82, 2.24) is 0 Å². The van der Waals surface area contributed by atoms with E-state index >= 15 is 0 Å². The molecule has 1 unspecified atom stereocenters. The average Bonchev–Trinajstić information content (AvgIpc) is 2.67. The van der Waals surface area contributed by atoms with Gasteiger partial charge in [0.05, 0.1) is 0 Å². The highest BCUT2D eigenvalue weighted by Crippen LogP contribution is 2.33. The van der Waals surface area contributed by atoms with Gasteiger partial charge in [0.2, 0.25) is 0 Å². The first-order chi connectivity index (χ1) is 7.59. The zero-order chi connectivity index (χ0) is 11.7. The number of aliphatic hydroxyl groups excluding tert-OH is 1. The van der Waals surface area contributed by atoms with Gasteiger partial charge >= 0.3 is 0 Å². The topological polar surface area (TPSA) is 20.2 Å². The second-order valence-corrected chi connectivity index (χ2v) is 5.17. The highest BCUT2D eigenvalue weighted by atomic mass is 35.5. The zero-order valence-electron chi connectivity index (χ0n) is 8.58. The Morgan fingerprint density at radius 1 is 1.19 bits per heavy atom. The summed E-state index contributed by atoms with van der Waals surface area (Å²) in [4.78, 5) is 0. The highest BCUT2D eigenvalue weighted by molar-refractivity contribution is 7.08. The molecule has 16 heavy (non-hydrogen) atoms. The molecule has 0 aliphatic carbocycles. The molecule has 1 aromatic heterocycles. The lowest BCUT2D eigenvalue weighted by atomic mass is 10.0. The first-order valence-corrected chi connectivity index (χ1v) is 6.45. The summed E-state index contributed by atoms with van der Waals surface area (Å²) in [6.07, 6.45) is -0.711. The van der Waals surface area contributed by atoms with E-state index in [1.165, 1.54) is 0 Å². The molecule has 1 nitrogen and oxygen atoms in total. The van der Waals surface area contributed by atoms with Gasteiger partial charge in [-0.2, -0.15) is 11.3 Å². The fourth-order valence-electron chi connectivity index (χ4n) is 1.54. The SMILES string of the molecule is Cc1cscc1C(O)c1cc(Cl)ccc1Cl. The summed E-state index contributed by atoms with van der Waals surface area (Å²) in [6, 6.07) is 5.11. The van der Waals surface area contributed by atoms with Crippen LogP contribution in [0.1, 0.15) is 22.8 Å². The molecule has 0 bridgehead atoms. The molecule has 0 amide bonds. The third kappa shape index (κ3) is 2.25. The molecule has 0 saturated heterocycles. The number of hydrogen-bond donors (Lipinski definition) is 1. The number of benzene rings is 1. The Hall–Kier alpha value is -0.540. The van der Waals surface area contributed by atoms with Crippen molar-refractivity contribution in [1.29, 1.82) is 0 Å². The van der Waals surface area contributed by atoms with Gasteiger partial charge in [-0.15, -0.1) is 0 Å². The van der Waals surface area contributed by atoms with Crippen LogP contribution < -0.4 is 0 Å². The lowest BCUT2D eigenvalue weighted by molar-refractivity contribution is 0.220. The molecule has 0 spiro atoms. The van der Waals surface area contributed by atoms with Crippen molar-refractivity contribution in [3.63, 3.8) is 0 Å². The molecule has 2 rings (SSSR count). The quantitative estimate of drug-likeness (QED) is 0.857. The van der Waals surface area contributed by atoms with Crippen molar-refractivity contribution in [3.8, 4) is 0 Å². The van der Waals surface area contributed by atoms with Crippen LogP contribution in [0, 0.1) is 6.92 Å². The predicted octanol–water partition coefficient (Wildman–Crippen LogP) is 4.45. The number of halogens is 2. The van der Waals surface area contributed by atoms with Gasteiger partial charge in [-0.3, -0.25) is 0 Å². The largest absolute Gasteiger partial charge is 0.384 e. The van der Waals surface area contributed by atoms with Crippen LogP contribution in [0.15, 0.2) is 29.0 Å². The Bertz CT molecular complexity index is 507. The Labute approximate surface area is 108 Å². The number of aryl methyl sites for hydroxylation is 1. The number of hydrogen-bond acceptors (Lipinski definition) is 2. The molecule has 1 atom stereocenters. The molecule has 1 heterocycles. The second-order valence-electron chi connectivity index (χ2n) is 3.58. The number of aliphatic hydroxyl groups is 1. The molecule has 0 saturated carbocycles. The van der Waals surface area contributed by atoms with Crippen molar-refractivity contribution < 1.29 is 5.11 Å². The van der Waals surface area contributed by atoms with E-state index in [-0.39, 0.29) is 0 Å². The summed E-state index contributed by atoms with van der Waals surface area (Å²) in [6.45, 7) is 1.97. The summed E-state index contributed by atoms with van der Waals surface area (Å²) in [7, 11) is 0. The van der Waals surface area contributed by atoms with Crippen LogP contribution in [0.5, 0.6) is 0 Å². The third-order valence-electron chi connectivity index (χ3n) is 2.44. The summed E-state index contributed by atoms with van der Waals surface area (Å²) in [5, 5.41) is 15.3. The molecule has 1 N–H and O–H groups in total. The van der Waals surface area contributed by atoms with Crippen LogP contribution in [0.4, 0.5) is 0 Å². The minimum atomic E-state index is -0.711. The molecule has 84 valence electrons. The zero-order valence-corrected chi connectivity index (χ0v) is 10.9. The first-order valence-electron chi connectivity index (χ1n) is 4.75. The van der Waals surface area contributed by atoms with E-state index in [1.807, 2.05) is 17.7 Å². The van der Waals surface area contributed by atoms with E-state index in [2.05, 4.69) is 0 Å². The van der Waals surface area contributed by atoms with Crippen molar-refractivity contribution in [2.45, 2.75) is 13.0 Å². The molecule has 0 radical (unpaired) electrons. The normalized spacial score (nSPS) is 12.8. The van der Waals surface area contributed by atoms with Crippen LogP contribution in [0.3, 0.4) is 0 Å². The van der Waals surface area contributed by atoms with Crippen molar-refractivity contribution in [2.75, 3.05) is 0 Å². The van der Waals surface area contributed by atoms with Crippen molar-refractivity contribution in [3.05, 3.63) is 55.7 Å². The van der Waals surface area contributed by atoms with Gasteiger partial charge < -0.3 is 5.11 Å². The maximum atomic E-state index is 10.2. The maximum Gasteiger partial charge on any atom is 0.107 e. The van der Waals surface area contributed by atoms with Crippen molar-refractivity contribution in [2.24, 2.45) is 0 Å². The van der Waals surface area contributed by atoms with Crippen LogP contribution in [0.2, 0.25) is 10.0 Å². The van der Waals surface area contributed by atoms with Crippen LogP contribution >= 0.6 is 34.5 Å². The van der Waals surface area contributed by atoms with E-state index in [0.29, 0.717) is 15.6 Å². The van der Waals surface area contributed by atoms with E-state index in [9.17, 15) is 5.11 Å². The van der Waals surface area contributed by atoms with Gasteiger partial charge in [0.25, 0.3) is 0 Å². The summed E-state index contributed by atoms with van der Waals surface area (Å²) in [5.41, 5.74) is 2.60. The Morgan fingerprint density at radius 2 is 1.94 bits per heavy atom. The minimum absolute atomic E-state index is 0.530. The van der Waals surface area contributed by atoms with Gasteiger partial charge in [-0.1, -0.05) is 23.2 Å². The number of thiophene rings is 1. The Kier molecular flexibility index (Phi) is 3.55. The second kappa shape index (κ2) is 4.76. The van der Waals surface area contributed by atoms with E-state index in [1.54, 1.807) is 29.5 Å². The third-order valence-corrected chi connectivity index (χ3v) is 3.90. The summed E-state index contributed by atoms with van der Waals surface area (Å²) in [5.74, 6) is 0. The fourth-order valence-corrected chi connectivity index (χ4v) is 2.81. The van der Waals surface area contributed by atoms with Gasteiger partial charge in [0, 0.05) is 15.6 Å². The Morgan fingerprint density at radius 3 is 2.56 bits per heavy atom. The Balaban J connectivity index is 2.45. The van der Waals surface area contributed by atoms with Gasteiger partial charge in [-0.25, -0.2) is 0 Å². The summed E-state index contributed by atoms with van der Waals surface area (Å²) < 4.78 is 0. The number of rotatable bonds is 2. The van der Waals surface area contributed by atoms with E-state index in [0.717, 1.165) is 11.1 Å². The molecule has 2 aromatic rings. The highest BCUT2D eigenvalue weighted by Gasteiger charge is 2.16. The van der Waals surface area contributed by atoms with E-state index < -0.39 is 6.10 Å². The molecule has 0 aliphatic rings. The fraction of sp³-hybridized carbons (Fsp3) is 0.167. The smallest absolute Gasteiger partial charge is 0.107 e. The lowest BCUT2D eigenvalue weighted by Crippen LogP contribution is -2.00. The molecule has 4 heteroatoms. The maximum absolute atomic E-state index is 10.2. The monoisotopic (exact) mass is 272 g/mol. The average molecular weight is 273 g/mol. The predicted molar refractivity (Wildman–Crippen MR) is 69.6 cm³/mol. The standard InChI is InChI=1S/C12H10Cl2OS/c1-7-5-16-6-10(7)12(15)9-4-8(13)2-3-11(9)14/h2-6,12,15H,1H3. The molecular weight excluding hydrogens is 263 g/mol. The molecular formula is C12H10Cl2OS. The van der Waals surface area contributed by atoms with Gasteiger partial charge in [0.15, 0.2) is 0 Å². The lowest BCUT2D eigenvalue weighted by Gasteiger charge is -2.13. The minimum Gasteiger partial charge on any atom is -0.384 e. The van der Waals surface area contributed by atoms with Crippen LogP contribution in [-0.2, 0) is 0 Å². The molecule has 1 aromatic carbocycles. The van der Waals surface area contributed by atoms with Gasteiger partial charge in [0.1, 0.15) is 6.10 Å². The molecule has 0 fully saturated rings. The molecule has 0 aliphatic heterocycles. The van der Waals surface area contributed by atoms with Crippen LogP contribution in [-0.4, -0.2) is 5.11 Å². The van der Waals surface area contributed by atoms with Gasteiger partial charge in [-0.05, 0) is 47.0 Å². The first kappa shape index (κ1) is 11.9. The van der Waals surface area contributed by atoms with Crippen molar-refractivity contribution >= 4 is 34.5 Å². The van der Waals surface area contributed by atoms with E-state index in [4.69, 9.17) is 23.2 Å². The van der Waals surface area contributed by atoms with Crippen LogP contribution in [0.25, 0.3) is 0 Å². The summed E-state index contributed by atoms with van der Waals surface area (Å²) >= 11 is 13.5.